The SMILES string of the molecule is COc1cccc(C(=O)NC(C)c2nc3ccccc3n2CC(=O)N2CCCCCC2)c1. The zero-order chi connectivity index (χ0) is 22.5. The number of imidazole rings is 1. The van der Waals surface area contributed by atoms with E-state index in [9.17, 15) is 9.59 Å². The first-order valence-corrected chi connectivity index (χ1v) is 11.2. The monoisotopic (exact) mass is 434 g/mol. The van der Waals surface area contributed by atoms with Crippen molar-refractivity contribution in [2.75, 3.05) is 20.2 Å². The van der Waals surface area contributed by atoms with Gasteiger partial charge in [-0.25, -0.2) is 4.98 Å². The number of ether oxygens (including phenoxy) is 1. The fraction of sp³-hybridized carbons (Fsp3) is 0.400. The Hall–Kier alpha value is -3.35. The van der Waals surface area contributed by atoms with Gasteiger partial charge in [0.15, 0.2) is 0 Å². The summed E-state index contributed by atoms with van der Waals surface area (Å²) in [5.41, 5.74) is 2.22. The molecule has 0 radical (unpaired) electrons. The highest BCUT2D eigenvalue weighted by Crippen LogP contribution is 2.22. The maximum atomic E-state index is 13.1. The molecular formula is C25H30N4O3. The van der Waals surface area contributed by atoms with Crippen molar-refractivity contribution in [3.63, 3.8) is 0 Å². The van der Waals surface area contributed by atoms with Gasteiger partial charge in [-0.3, -0.25) is 9.59 Å². The Labute approximate surface area is 188 Å². The normalized spacial score (nSPS) is 15.2. The first kappa shape index (κ1) is 21.9. The second-order valence-electron chi connectivity index (χ2n) is 8.27. The second kappa shape index (κ2) is 9.85. The lowest BCUT2D eigenvalue weighted by Gasteiger charge is -2.22. The fourth-order valence-electron chi connectivity index (χ4n) is 4.26. The van der Waals surface area contributed by atoms with E-state index in [1.54, 1.807) is 31.4 Å². The van der Waals surface area contributed by atoms with Crippen LogP contribution < -0.4 is 10.1 Å². The number of para-hydroxylation sites is 2. The van der Waals surface area contributed by atoms with Crippen molar-refractivity contribution in [1.29, 1.82) is 0 Å². The Morgan fingerprint density at radius 3 is 2.56 bits per heavy atom. The molecule has 7 heteroatoms. The minimum atomic E-state index is -0.377. The van der Waals surface area contributed by atoms with E-state index < -0.39 is 0 Å². The highest BCUT2D eigenvalue weighted by Gasteiger charge is 2.23. The molecule has 0 spiro atoms. The van der Waals surface area contributed by atoms with Crippen molar-refractivity contribution >= 4 is 22.8 Å². The van der Waals surface area contributed by atoms with Gasteiger partial charge in [0.25, 0.3) is 5.91 Å². The van der Waals surface area contributed by atoms with Gasteiger partial charge in [0.05, 0.1) is 24.2 Å². The number of carbonyl (C=O) groups is 2. The number of likely N-dealkylation sites (tertiary alicyclic amines) is 1. The molecule has 3 aromatic rings. The summed E-state index contributed by atoms with van der Waals surface area (Å²) in [6.07, 6.45) is 4.46. The summed E-state index contributed by atoms with van der Waals surface area (Å²) in [6, 6.07) is 14.4. The Bertz CT molecular complexity index is 1100. The van der Waals surface area contributed by atoms with Crippen molar-refractivity contribution in [1.82, 2.24) is 19.8 Å². The van der Waals surface area contributed by atoms with Gasteiger partial charge >= 0.3 is 0 Å². The standard InChI is InChI=1S/C25H30N4O3/c1-18(26-25(31)19-10-9-11-20(16-19)32-2)24-27-21-12-5-6-13-22(21)29(24)17-23(30)28-14-7-3-4-8-15-28/h5-6,9-13,16,18H,3-4,7-8,14-15,17H2,1-2H3,(H,26,31). The van der Waals surface area contributed by atoms with E-state index in [1.807, 2.05) is 40.7 Å². The zero-order valence-electron chi connectivity index (χ0n) is 18.7. The maximum absolute atomic E-state index is 13.1. The van der Waals surface area contributed by atoms with E-state index >= 15 is 0 Å². The molecule has 1 aliphatic heterocycles. The number of hydrogen-bond donors (Lipinski definition) is 1. The van der Waals surface area contributed by atoms with Crippen LogP contribution in [0.1, 0.15) is 54.8 Å². The van der Waals surface area contributed by atoms with Crippen LogP contribution in [0.15, 0.2) is 48.5 Å². The third-order valence-corrected chi connectivity index (χ3v) is 6.00. The number of amides is 2. The molecule has 0 bridgehead atoms. The van der Waals surface area contributed by atoms with E-state index in [-0.39, 0.29) is 24.4 Å². The van der Waals surface area contributed by atoms with Crippen LogP contribution in [0.3, 0.4) is 0 Å². The molecule has 1 N–H and O–H groups in total. The van der Waals surface area contributed by atoms with E-state index in [0.717, 1.165) is 37.0 Å². The summed E-state index contributed by atoms with van der Waals surface area (Å²) in [7, 11) is 1.57. The van der Waals surface area contributed by atoms with Crippen LogP contribution in [0.4, 0.5) is 0 Å². The van der Waals surface area contributed by atoms with Crippen molar-refractivity contribution < 1.29 is 14.3 Å². The molecule has 7 nitrogen and oxygen atoms in total. The van der Waals surface area contributed by atoms with Gasteiger partial charge in [-0.1, -0.05) is 31.0 Å². The number of nitrogens with one attached hydrogen (secondary N) is 1. The summed E-state index contributed by atoms with van der Waals surface area (Å²) in [4.78, 5) is 32.7. The molecule has 4 rings (SSSR count). The lowest BCUT2D eigenvalue weighted by molar-refractivity contribution is -0.131. The number of methoxy groups -OCH3 is 1. The number of fused-ring (bicyclic) bond motifs is 1. The molecule has 1 unspecified atom stereocenters. The average Bonchev–Trinajstić information content (AvgIpc) is 2.98. The molecule has 2 heterocycles. The zero-order valence-corrected chi connectivity index (χ0v) is 18.7. The topological polar surface area (TPSA) is 76.5 Å². The lowest BCUT2D eigenvalue weighted by Crippen LogP contribution is -2.36. The molecule has 1 saturated heterocycles. The highest BCUT2D eigenvalue weighted by molar-refractivity contribution is 5.94. The Morgan fingerprint density at radius 2 is 1.81 bits per heavy atom. The molecule has 1 aromatic heterocycles. The van der Waals surface area contributed by atoms with Gasteiger partial charge in [0.2, 0.25) is 5.91 Å². The Balaban J connectivity index is 1.58. The summed E-state index contributed by atoms with van der Waals surface area (Å²) < 4.78 is 7.17. The Morgan fingerprint density at radius 1 is 1.06 bits per heavy atom. The Kier molecular flexibility index (Phi) is 6.73. The van der Waals surface area contributed by atoms with Crippen LogP contribution in [0, 0.1) is 0 Å². The van der Waals surface area contributed by atoms with Gasteiger partial charge in [-0.15, -0.1) is 0 Å². The largest absolute Gasteiger partial charge is 0.497 e. The van der Waals surface area contributed by atoms with Crippen LogP contribution in [0.5, 0.6) is 5.75 Å². The minimum Gasteiger partial charge on any atom is -0.497 e. The van der Waals surface area contributed by atoms with Crippen LogP contribution in [0.2, 0.25) is 0 Å². The quantitative estimate of drug-likeness (QED) is 0.638. The number of rotatable bonds is 6. The number of carbonyl (C=O) groups excluding carboxylic acids is 2. The van der Waals surface area contributed by atoms with Crippen molar-refractivity contribution in [3.05, 3.63) is 59.9 Å². The summed E-state index contributed by atoms with van der Waals surface area (Å²) >= 11 is 0. The van der Waals surface area contributed by atoms with Crippen molar-refractivity contribution in [3.8, 4) is 5.75 Å². The molecular weight excluding hydrogens is 404 g/mol. The predicted molar refractivity (Wildman–Crippen MR) is 124 cm³/mol. The van der Waals surface area contributed by atoms with Gasteiger partial charge in [0.1, 0.15) is 18.1 Å². The van der Waals surface area contributed by atoms with Crippen molar-refractivity contribution in [2.45, 2.75) is 45.2 Å². The van der Waals surface area contributed by atoms with E-state index in [2.05, 4.69) is 5.32 Å². The molecule has 0 saturated carbocycles. The van der Waals surface area contributed by atoms with Crippen molar-refractivity contribution in [2.24, 2.45) is 0 Å². The molecule has 1 fully saturated rings. The summed E-state index contributed by atoms with van der Waals surface area (Å²) in [5.74, 6) is 1.18. The first-order valence-electron chi connectivity index (χ1n) is 11.2. The average molecular weight is 435 g/mol. The molecule has 1 aliphatic rings. The molecule has 32 heavy (non-hydrogen) atoms. The lowest BCUT2D eigenvalue weighted by atomic mass is 10.2. The van der Waals surface area contributed by atoms with Gasteiger partial charge in [0, 0.05) is 18.7 Å². The smallest absolute Gasteiger partial charge is 0.251 e. The third-order valence-electron chi connectivity index (χ3n) is 6.00. The molecule has 2 aromatic carbocycles. The maximum Gasteiger partial charge on any atom is 0.251 e. The van der Waals surface area contributed by atoms with Crippen LogP contribution in [-0.2, 0) is 11.3 Å². The number of hydrogen-bond acceptors (Lipinski definition) is 4. The first-order chi connectivity index (χ1) is 15.6. The number of nitrogens with zero attached hydrogens (tertiary/aromatic N) is 3. The third kappa shape index (κ3) is 4.77. The number of benzene rings is 2. The van der Waals surface area contributed by atoms with Crippen LogP contribution in [0.25, 0.3) is 11.0 Å². The van der Waals surface area contributed by atoms with Gasteiger partial charge < -0.3 is 19.5 Å². The van der Waals surface area contributed by atoms with E-state index in [0.29, 0.717) is 17.1 Å². The van der Waals surface area contributed by atoms with Crippen LogP contribution >= 0.6 is 0 Å². The highest BCUT2D eigenvalue weighted by atomic mass is 16.5. The van der Waals surface area contributed by atoms with E-state index in [1.165, 1.54) is 12.8 Å². The summed E-state index contributed by atoms with van der Waals surface area (Å²) in [6.45, 7) is 3.73. The number of aromatic nitrogens is 2. The molecule has 0 aliphatic carbocycles. The predicted octanol–water partition coefficient (Wildman–Crippen LogP) is 3.94. The van der Waals surface area contributed by atoms with E-state index in [4.69, 9.17) is 9.72 Å². The fourth-order valence-corrected chi connectivity index (χ4v) is 4.26. The summed E-state index contributed by atoms with van der Waals surface area (Å²) in [5, 5.41) is 3.03. The van der Waals surface area contributed by atoms with Crippen LogP contribution in [-0.4, -0.2) is 46.5 Å². The minimum absolute atomic E-state index is 0.0997. The second-order valence-corrected chi connectivity index (χ2v) is 8.27. The van der Waals surface area contributed by atoms with Gasteiger partial charge in [-0.2, -0.15) is 0 Å². The molecule has 168 valence electrons. The molecule has 1 atom stereocenters. The van der Waals surface area contributed by atoms with Gasteiger partial charge in [-0.05, 0) is 50.1 Å². The molecule has 2 amide bonds.